The Labute approximate surface area is 149 Å². The molecular weight excluding hydrogens is 316 g/mol. The molecule has 0 saturated carbocycles. The Morgan fingerprint density at radius 3 is 2.76 bits per heavy atom. The number of aromatic nitrogens is 1. The highest BCUT2D eigenvalue weighted by atomic mass is 16.3. The molecule has 1 aliphatic rings. The van der Waals surface area contributed by atoms with E-state index in [0.29, 0.717) is 23.6 Å². The molecule has 0 aliphatic carbocycles. The summed E-state index contributed by atoms with van der Waals surface area (Å²) < 4.78 is 5.73. The van der Waals surface area contributed by atoms with Gasteiger partial charge in [0.15, 0.2) is 11.5 Å². The van der Waals surface area contributed by atoms with E-state index in [4.69, 9.17) is 4.42 Å². The first-order valence-electron chi connectivity index (χ1n) is 9.12. The van der Waals surface area contributed by atoms with Crippen LogP contribution in [0.5, 0.6) is 0 Å². The Kier molecular flexibility index (Phi) is 5.71. The summed E-state index contributed by atoms with van der Waals surface area (Å²) in [5.74, 6) is 0.891. The molecule has 1 aromatic heterocycles. The lowest BCUT2D eigenvalue weighted by atomic mass is 10.2. The molecular formula is C19H28N4O2. The Hall–Kier alpha value is -1.92. The smallest absolute Gasteiger partial charge is 0.251 e. The van der Waals surface area contributed by atoms with E-state index >= 15 is 0 Å². The van der Waals surface area contributed by atoms with Crippen LogP contribution in [0.4, 0.5) is 0 Å². The number of hydrogen-bond donors (Lipinski definition) is 1. The van der Waals surface area contributed by atoms with Gasteiger partial charge in [0.25, 0.3) is 5.91 Å². The van der Waals surface area contributed by atoms with Gasteiger partial charge in [0.1, 0.15) is 5.52 Å². The largest absolute Gasteiger partial charge is 0.440 e. The topological polar surface area (TPSA) is 61.6 Å². The van der Waals surface area contributed by atoms with E-state index < -0.39 is 0 Å². The van der Waals surface area contributed by atoms with Crippen LogP contribution < -0.4 is 5.32 Å². The number of nitrogens with zero attached hydrogens (tertiary/aromatic N) is 3. The SMILES string of the molecule is CC(C)c1nc2ccc(C(=O)NCCCN3CCN(C)CC3)cc2o1. The summed E-state index contributed by atoms with van der Waals surface area (Å²) in [5, 5.41) is 3.00. The summed E-state index contributed by atoms with van der Waals surface area (Å²) in [6.45, 7) is 10.3. The zero-order valence-electron chi connectivity index (χ0n) is 15.4. The zero-order valence-corrected chi connectivity index (χ0v) is 15.4. The maximum atomic E-state index is 12.3. The molecule has 1 aliphatic heterocycles. The summed E-state index contributed by atoms with van der Waals surface area (Å²) >= 11 is 0. The summed E-state index contributed by atoms with van der Waals surface area (Å²) in [6.07, 6.45) is 0.970. The molecule has 0 unspecified atom stereocenters. The second-order valence-electron chi connectivity index (χ2n) is 7.14. The van der Waals surface area contributed by atoms with Gasteiger partial charge < -0.3 is 19.5 Å². The highest BCUT2D eigenvalue weighted by molar-refractivity contribution is 5.97. The summed E-state index contributed by atoms with van der Waals surface area (Å²) in [4.78, 5) is 21.6. The number of piperazine rings is 1. The zero-order chi connectivity index (χ0) is 17.8. The van der Waals surface area contributed by atoms with E-state index in [1.807, 2.05) is 26.0 Å². The van der Waals surface area contributed by atoms with E-state index in [1.54, 1.807) is 6.07 Å². The van der Waals surface area contributed by atoms with Crippen LogP contribution in [0.1, 0.15) is 42.4 Å². The van der Waals surface area contributed by atoms with Crippen LogP contribution >= 0.6 is 0 Å². The number of nitrogens with one attached hydrogen (secondary N) is 1. The third-order valence-corrected chi connectivity index (χ3v) is 4.69. The molecule has 0 spiro atoms. The van der Waals surface area contributed by atoms with Crippen LogP contribution in [0, 0.1) is 0 Å². The summed E-state index contributed by atoms with van der Waals surface area (Å²) in [6, 6.07) is 5.44. The molecule has 1 amide bonds. The maximum absolute atomic E-state index is 12.3. The summed E-state index contributed by atoms with van der Waals surface area (Å²) in [5.41, 5.74) is 2.10. The highest BCUT2D eigenvalue weighted by Crippen LogP contribution is 2.22. The lowest BCUT2D eigenvalue weighted by Gasteiger charge is -2.32. The van der Waals surface area contributed by atoms with Gasteiger partial charge in [0.05, 0.1) is 0 Å². The average Bonchev–Trinajstić information content (AvgIpc) is 3.03. The molecule has 0 bridgehead atoms. The van der Waals surface area contributed by atoms with Gasteiger partial charge in [-0.1, -0.05) is 13.8 Å². The molecule has 6 nitrogen and oxygen atoms in total. The highest BCUT2D eigenvalue weighted by Gasteiger charge is 2.14. The maximum Gasteiger partial charge on any atom is 0.251 e. The van der Waals surface area contributed by atoms with Crippen molar-refractivity contribution in [3.05, 3.63) is 29.7 Å². The predicted molar refractivity (Wildman–Crippen MR) is 99.0 cm³/mol. The van der Waals surface area contributed by atoms with E-state index in [-0.39, 0.29) is 11.8 Å². The Morgan fingerprint density at radius 2 is 2.04 bits per heavy atom. The van der Waals surface area contributed by atoms with Crippen LogP contribution in [0.25, 0.3) is 11.1 Å². The van der Waals surface area contributed by atoms with Gasteiger partial charge in [-0.3, -0.25) is 4.79 Å². The number of hydrogen-bond acceptors (Lipinski definition) is 5. The third kappa shape index (κ3) is 4.58. The van der Waals surface area contributed by atoms with E-state index in [2.05, 4.69) is 27.1 Å². The first kappa shape index (κ1) is 17.9. The van der Waals surface area contributed by atoms with E-state index in [1.165, 1.54) is 0 Å². The average molecular weight is 344 g/mol. The van der Waals surface area contributed by atoms with Crippen molar-refractivity contribution in [2.75, 3.05) is 46.3 Å². The normalized spacial score (nSPS) is 16.6. The van der Waals surface area contributed by atoms with Crippen LogP contribution in [0.3, 0.4) is 0 Å². The fourth-order valence-electron chi connectivity index (χ4n) is 3.01. The van der Waals surface area contributed by atoms with Crippen LogP contribution in [0.15, 0.2) is 22.6 Å². The molecule has 1 fully saturated rings. The van der Waals surface area contributed by atoms with Crippen molar-refractivity contribution in [2.45, 2.75) is 26.2 Å². The van der Waals surface area contributed by atoms with Crippen molar-refractivity contribution < 1.29 is 9.21 Å². The Morgan fingerprint density at radius 1 is 1.28 bits per heavy atom. The minimum absolute atomic E-state index is 0.0530. The van der Waals surface area contributed by atoms with Gasteiger partial charge in [-0.25, -0.2) is 4.98 Å². The van der Waals surface area contributed by atoms with Crippen molar-refractivity contribution in [2.24, 2.45) is 0 Å². The number of fused-ring (bicyclic) bond motifs is 1. The minimum Gasteiger partial charge on any atom is -0.440 e. The lowest BCUT2D eigenvalue weighted by molar-refractivity contribution is 0.0949. The molecule has 1 aromatic carbocycles. The molecule has 2 aromatic rings. The van der Waals surface area contributed by atoms with Gasteiger partial charge in [-0.15, -0.1) is 0 Å². The second-order valence-corrected chi connectivity index (χ2v) is 7.14. The fraction of sp³-hybridized carbons (Fsp3) is 0.579. The van der Waals surface area contributed by atoms with Crippen molar-refractivity contribution >= 4 is 17.0 Å². The number of oxazole rings is 1. The molecule has 1 saturated heterocycles. The van der Waals surface area contributed by atoms with Crippen LogP contribution in [0.2, 0.25) is 0 Å². The standard InChI is InChI=1S/C19H28N4O2/c1-14(2)19-21-16-6-5-15(13-17(16)25-19)18(24)20-7-4-8-23-11-9-22(3)10-12-23/h5-6,13-14H,4,7-12H2,1-3H3,(H,20,24). The van der Waals surface area contributed by atoms with Crippen molar-refractivity contribution in [1.82, 2.24) is 20.1 Å². The number of carbonyl (C=O) groups excluding carboxylic acids is 1. The van der Waals surface area contributed by atoms with Crippen molar-refractivity contribution in [3.8, 4) is 0 Å². The van der Waals surface area contributed by atoms with Gasteiger partial charge in [-0.2, -0.15) is 0 Å². The molecule has 1 N–H and O–H groups in total. The molecule has 3 rings (SSSR count). The lowest BCUT2D eigenvalue weighted by Crippen LogP contribution is -2.45. The number of likely N-dealkylation sites (N-methyl/N-ethyl adjacent to an activating group) is 1. The fourth-order valence-corrected chi connectivity index (χ4v) is 3.01. The van der Waals surface area contributed by atoms with Crippen LogP contribution in [-0.2, 0) is 0 Å². The van der Waals surface area contributed by atoms with Crippen molar-refractivity contribution in [3.63, 3.8) is 0 Å². The van der Waals surface area contributed by atoms with Gasteiger partial charge in [0.2, 0.25) is 0 Å². The first-order valence-corrected chi connectivity index (χ1v) is 9.12. The molecule has 2 heterocycles. The molecule has 0 atom stereocenters. The first-order chi connectivity index (χ1) is 12.0. The summed E-state index contributed by atoms with van der Waals surface area (Å²) in [7, 11) is 2.16. The Bertz CT molecular complexity index is 717. The minimum atomic E-state index is -0.0530. The number of carbonyl (C=O) groups is 1. The van der Waals surface area contributed by atoms with Gasteiger partial charge in [0, 0.05) is 44.2 Å². The third-order valence-electron chi connectivity index (χ3n) is 4.69. The molecule has 0 radical (unpaired) electrons. The van der Waals surface area contributed by atoms with Crippen LogP contribution in [-0.4, -0.2) is 67.0 Å². The van der Waals surface area contributed by atoms with E-state index in [0.717, 1.165) is 44.7 Å². The molecule has 25 heavy (non-hydrogen) atoms. The van der Waals surface area contributed by atoms with Gasteiger partial charge >= 0.3 is 0 Å². The number of benzene rings is 1. The van der Waals surface area contributed by atoms with E-state index in [9.17, 15) is 4.79 Å². The Balaban J connectivity index is 1.48. The predicted octanol–water partition coefficient (Wildman–Crippen LogP) is 2.32. The number of amides is 1. The second kappa shape index (κ2) is 7.97. The molecule has 6 heteroatoms. The quantitative estimate of drug-likeness (QED) is 0.815. The monoisotopic (exact) mass is 344 g/mol. The van der Waals surface area contributed by atoms with Crippen molar-refractivity contribution in [1.29, 1.82) is 0 Å². The molecule has 136 valence electrons. The number of rotatable bonds is 6. The van der Waals surface area contributed by atoms with Gasteiger partial charge in [-0.05, 0) is 38.2 Å².